The number of methoxy groups -OCH3 is 1. The molecule has 0 saturated heterocycles. The molecule has 0 fully saturated rings. The zero-order valence-corrected chi connectivity index (χ0v) is 17.3. The summed E-state index contributed by atoms with van der Waals surface area (Å²) in [6.07, 6.45) is -12.1. The van der Waals surface area contributed by atoms with Crippen LogP contribution in [0.25, 0.3) is 5.70 Å². The highest BCUT2D eigenvalue weighted by atomic mass is 35.5. The van der Waals surface area contributed by atoms with Gasteiger partial charge in [-0.3, -0.25) is 9.79 Å². The first kappa shape index (κ1) is 27.9. The van der Waals surface area contributed by atoms with Crippen LogP contribution < -0.4 is 11.5 Å². The minimum atomic E-state index is -6.49. The van der Waals surface area contributed by atoms with E-state index in [1.165, 1.54) is 0 Å². The first-order valence-corrected chi connectivity index (χ1v) is 8.66. The van der Waals surface area contributed by atoms with Crippen LogP contribution in [-0.2, 0) is 9.53 Å². The summed E-state index contributed by atoms with van der Waals surface area (Å²) in [6.45, 7) is 0. The Hall–Kier alpha value is -3.16. The molecule has 0 amide bonds. The summed E-state index contributed by atoms with van der Waals surface area (Å²) in [4.78, 5) is 26.9. The third-order valence-electron chi connectivity index (χ3n) is 3.93. The fourth-order valence-electron chi connectivity index (χ4n) is 2.33. The number of rotatable bonds is 6. The van der Waals surface area contributed by atoms with E-state index in [1.54, 1.807) is 0 Å². The summed E-state index contributed by atoms with van der Waals surface area (Å²) in [7, 11) is 1.56. The molecule has 33 heavy (non-hydrogen) atoms. The smallest absolute Gasteiger partial charge is 0.459 e. The van der Waals surface area contributed by atoms with Crippen LogP contribution in [0.15, 0.2) is 40.5 Å². The maximum Gasteiger partial charge on any atom is 0.459 e. The van der Waals surface area contributed by atoms with E-state index in [4.69, 9.17) is 17.3 Å². The van der Waals surface area contributed by atoms with E-state index >= 15 is 0 Å². The molecule has 4 N–H and O–H groups in total. The van der Waals surface area contributed by atoms with E-state index in [1.807, 2.05) is 0 Å². The number of carbonyl (C=O) groups is 2. The maximum absolute atomic E-state index is 13.5. The second-order valence-corrected chi connectivity index (χ2v) is 6.49. The van der Waals surface area contributed by atoms with E-state index in [2.05, 4.69) is 15.5 Å². The number of ketones is 1. The summed E-state index contributed by atoms with van der Waals surface area (Å²) in [5.74, 6) is -8.85. The van der Waals surface area contributed by atoms with Gasteiger partial charge < -0.3 is 16.2 Å². The number of allylic oxidation sites excluding steroid dienone is 3. The third kappa shape index (κ3) is 6.00. The molecular weight excluding hydrogens is 494 g/mol. The molecule has 1 aromatic rings. The van der Waals surface area contributed by atoms with Crippen LogP contribution in [0.2, 0.25) is 5.02 Å². The van der Waals surface area contributed by atoms with Gasteiger partial charge in [-0.15, -0.1) is 0 Å². The molecule has 0 radical (unpaired) electrons. The van der Waals surface area contributed by atoms with Crippen molar-refractivity contribution in [2.24, 2.45) is 16.5 Å². The number of alkyl halides is 8. The Morgan fingerprint density at radius 2 is 1.61 bits per heavy atom. The van der Waals surface area contributed by atoms with Gasteiger partial charge >= 0.3 is 24.2 Å². The molecule has 0 saturated carbocycles. The highest BCUT2D eigenvalue weighted by Gasteiger charge is 2.62. The van der Waals surface area contributed by atoms with Crippen LogP contribution in [0.3, 0.4) is 0 Å². The zero-order chi connectivity index (χ0) is 25.9. The quantitative estimate of drug-likeness (QED) is 0.261. The zero-order valence-electron chi connectivity index (χ0n) is 16.5. The van der Waals surface area contributed by atoms with Gasteiger partial charge in [-0.05, 0) is 17.7 Å². The molecule has 15 heteroatoms. The molecule has 0 atom stereocenters. The van der Waals surface area contributed by atoms with Crippen molar-refractivity contribution in [2.75, 3.05) is 14.2 Å². The number of nitrogens with zero attached hydrogens (tertiary/aromatic N) is 1. The fourth-order valence-corrected chi connectivity index (χ4v) is 2.53. The number of ether oxygens (including phenoxy) is 1. The Bertz CT molecular complexity index is 1040. The minimum absolute atomic E-state index is 0.106. The predicted octanol–water partition coefficient (Wildman–Crippen LogP) is 4.04. The van der Waals surface area contributed by atoms with Crippen molar-refractivity contribution < 1.29 is 49.4 Å². The lowest BCUT2D eigenvalue weighted by Gasteiger charge is -2.24. The lowest BCUT2D eigenvalue weighted by Crippen LogP contribution is -2.45. The van der Waals surface area contributed by atoms with Crippen molar-refractivity contribution in [2.45, 2.75) is 18.3 Å². The third-order valence-corrected chi connectivity index (χ3v) is 4.26. The van der Waals surface area contributed by atoms with Crippen LogP contribution in [0.4, 0.5) is 35.1 Å². The first-order chi connectivity index (χ1) is 14.9. The molecule has 0 unspecified atom stereocenters. The van der Waals surface area contributed by atoms with Crippen molar-refractivity contribution in [3.05, 3.63) is 51.7 Å². The molecule has 0 aromatic heterocycles. The van der Waals surface area contributed by atoms with Crippen molar-refractivity contribution in [3.8, 4) is 0 Å². The van der Waals surface area contributed by atoms with E-state index in [0.717, 1.165) is 25.3 Å². The summed E-state index contributed by atoms with van der Waals surface area (Å²) in [5, 5.41) is -0.106. The second-order valence-electron chi connectivity index (χ2n) is 6.08. The van der Waals surface area contributed by atoms with E-state index in [-0.39, 0.29) is 22.2 Å². The SMILES string of the molecule is CN=C(C(=O)C=C(N)c1ccc(Cl)c(C(=O)OC)c1)C(=C(N)C(F)(F)C(F)(F)F)C(F)(F)F. The number of esters is 1. The first-order valence-electron chi connectivity index (χ1n) is 8.29. The van der Waals surface area contributed by atoms with Gasteiger partial charge in [0.25, 0.3) is 0 Å². The average molecular weight is 508 g/mol. The van der Waals surface area contributed by atoms with Crippen molar-refractivity contribution >= 4 is 34.8 Å². The van der Waals surface area contributed by atoms with Crippen molar-refractivity contribution in [1.29, 1.82) is 0 Å². The average Bonchev–Trinajstić information content (AvgIpc) is 2.68. The molecule has 0 heterocycles. The lowest BCUT2D eigenvalue weighted by molar-refractivity contribution is -0.265. The predicted molar refractivity (Wildman–Crippen MR) is 102 cm³/mol. The number of carbonyl (C=O) groups excluding carboxylic acids is 2. The van der Waals surface area contributed by atoms with Gasteiger partial charge in [-0.1, -0.05) is 17.7 Å². The van der Waals surface area contributed by atoms with Gasteiger partial charge in [-0.25, -0.2) is 4.79 Å². The van der Waals surface area contributed by atoms with Crippen LogP contribution >= 0.6 is 11.6 Å². The van der Waals surface area contributed by atoms with Gasteiger partial charge in [0.2, 0.25) is 5.78 Å². The molecule has 6 nitrogen and oxygen atoms in total. The van der Waals surface area contributed by atoms with E-state index in [9.17, 15) is 44.7 Å². The van der Waals surface area contributed by atoms with Crippen LogP contribution in [0.1, 0.15) is 15.9 Å². The highest BCUT2D eigenvalue weighted by Crippen LogP contribution is 2.43. The van der Waals surface area contributed by atoms with Gasteiger partial charge in [-0.2, -0.15) is 35.1 Å². The lowest BCUT2D eigenvalue weighted by atomic mass is 9.98. The number of benzene rings is 1. The topological polar surface area (TPSA) is 108 Å². The number of aliphatic imine (C=N–C) groups is 1. The Morgan fingerprint density at radius 1 is 1.06 bits per heavy atom. The number of nitrogens with two attached hydrogens (primary N) is 2. The second kappa shape index (κ2) is 9.77. The molecule has 0 aliphatic heterocycles. The Morgan fingerprint density at radius 3 is 2.03 bits per heavy atom. The molecule has 0 spiro atoms. The standard InChI is InChI=1S/C18H14ClF8N3O3/c1-30-13(12(17(22,23)24)14(29)16(20,21)18(25,26)27)11(31)6-10(28)7-3-4-9(19)8(5-7)15(32)33-2/h3-6H,28-29H2,1-2H3. The van der Waals surface area contributed by atoms with Crippen LogP contribution in [0, 0.1) is 0 Å². The molecule has 0 bridgehead atoms. The Labute approximate surface area is 185 Å². The van der Waals surface area contributed by atoms with Crippen molar-refractivity contribution in [3.63, 3.8) is 0 Å². The fraction of sp³-hybridized carbons (Fsp3) is 0.278. The Kier molecular flexibility index (Phi) is 8.25. The normalized spacial score (nSPS) is 14.6. The molecule has 1 rings (SSSR count). The summed E-state index contributed by atoms with van der Waals surface area (Å²) in [5.41, 5.74) is 1.57. The van der Waals surface area contributed by atoms with Crippen LogP contribution in [-0.4, -0.2) is 49.9 Å². The van der Waals surface area contributed by atoms with Gasteiger partial charge in [0.1, 0.15) is 17.0 Å². The number of halogens is 9. The largest absolute Gasteiger partial charge is 0.465 e. The minimum Gasteiger partial charge on any atom is -0.465 e. The molecule has 182 valence electrons. The van der Waals surface area contributed by atoms with E-state index < -0.39 is 52.7 Å². The summed E-state index contributed by atoms with van der Waals surface area (Å²) >= 11 is 5.80. The molecule has 1 aromatic carbocycles. The maximum atomic E-state index is 13.5. The van der Waals surface area contributed by atoms with Gasteiger partial charge in [0.15, 0.2) is 0 Å². The molecular formula is C18H14ClF8N3O3. The van der Waals surface area contributed by atoms with Crippen molar-refractivity contribution in [1.82, 2.24) is 0 Å². The number of hydrogen-bond acceptors (Lipinski definition) is 6. The Balaban J connectivity index is 3.63. The van der Waals surface area contributed by atoms with Gasteiger partial charge in [0.05, 0.1) is 17.7 Å². The number of hydrogen-bond donors (Lipinski definition) is 2. The highest BCUT2D eigenvalue weighted by molar-refractivity contribution is 6.51. The molecule has 0 aliphatic rings. The summed E-state index contributed by atoms with van der Waals surface area (Å²) < 4.78 is 109. The van der Waals surface area contributed by atoms with Crippen LogP contribution in [0.5, 0.6) is 0 Å². The van der Waals surface area contributed by atoms with Gasteiger partial charge in [0, 0.05) is 18.8 Å². The molecule has 0 aliphatic carbocycles. The van der Waals surface area contributed by atoms with E-state index in [0.29, 0.717) is 7.05 Å². The monoisotopic (exact) mass is 507 g/mol. The summed E-state index contributed by atoms with van der Waals surface area (Å²) in [6, 6.07) is 3.28.